The highest BCUT2D eigenvalue weighted by atomic mass is 19.3. The lowest BCUT2D eigenvalue weighted by Gasteiger charge is -2.22. The molecule has 0 bridgehead atoms. The number of carbonyl (C=O) groups excluding carboxylic acids is 1. The zero-order valence-electron chi connectivity index (χ0n) is 9.83. The zero-order chi connectivity index (χ0) is 13.9. The molecule has 1 aromatic heterocycles. The Morgan fingerprint density at radius 1 is 1.44 bits per heavy atom. The van der Waals surface area contributed by atoms with Crippen LogP contribution < -0.4 is 0 Å². The highest BCUT2D eigenvalue weighted by Crippen LogP contribution is 2.25. The van der Waals surface area contributed by atoms with Crippen LogP contribution in [0.15, 0.2) is 18.2 Å². The Labute approximate surface area is 101 Å². The van der Waals surface area contributed by atoms with Gasteiger partial charge < -0.3 is 4.90 Å². The molecule has 0 aromatic carbocycles. The predicted octanol–water partition coefficient (Wildman–Crippen LogP) is 2.25. The number of alkyl halides is 4. The maximum Gasteiger partial charge on any atom is 0.383 e. The maximum atomic E-state index is 12.8. The Bertz CT molecular complexity index is 437. The molecule has 0 spiro atoms. The second-order valence-corrected chi connectivity index (χ2v) is 3.86. The average molecular weight is 264 g/mol. The molecule has 0 N–H and O–H groups in total. The van der Waals surface area contributed by atoms with Gasteiger partial charge in [0.25, 0.3) is 5.91 Å². The van der Waals surface area contributed by atoms with Gasteiger partial charge in [0, 0.05) is 12.7 Å². The molecule has 0 saturated carbocycles. The third-order valence-corrected chi connectivity index (χ3v) is 2.25. The van der Waals surface area contributed by atoms with Gasteiger partial charge >= 0.3 is 12.3 Å². The van der Waals surface area contributed by atoms with Gasteiger partial charge in [-0.05, 0) is 19.1 Å². The fraction of sp³-hybridized carbons (Fsp3) is 0.455. The van der Waals surface area contributed by atoms with Crippen molar-refractivity contribution in [3.63, 3.8) is 0 Å². The summed E-state index contributed by atoms with van der Waals surface area (Å²) in [5, 5.41) is 0. The van der Waals surface area contributed by atoms with E-state index in [4.69, 9.17) is 0 Å². The quantitative estimate of drug-likeness (QED) is 0.781. The van der Waals surface area contributed by atoms with Crippen LogP contribution in [0.25, 0.3) is 0 Å². The van der Waals surface area contributed by atoms with Crippen molar-refractivity contribution in [3.8, 4) is 0 Å². The molecule has 0 fully saturated rings. The predicted molar refractivity (Wildman–Crippen MR) is 56.4 cm³/mol. The number of hydrogen-bond acceptors (Lipinski definition) is 2. The van der Waals surface area contributed by atoms with Crippen LogP contribution in [-0.4, -0.2) is 35.2 Å². The summed E-state index contributed by atoms with van der Waals surface area (Å²) in [7, 11) is 1.03. The number of carbonyl (C=O) groups is 1. The fourth-order valence-electron chi connectivity index (χ4n) is 1.35. The van der Waals surface area contributed by atoms with Crippen LogP contribution >= 0.6 is 0 Å². The van der Waals surface area contributed by atoms with E-state index in [1.54, 1.807) is 19.1 Å². The first kappa shape index (κ1) is 14.4. The van der Waals surface area contributed by atoms with Crippen molar-refractivity contribution in [2.45, 2.75) is 25.8 Å². The number of aromatic nitrogens is 1. The summed E-state index contributed by atoms with van der Waals surface area (Å²) in [6, 6.07) is 4.86. The Balaban J connectivity index is 2.77. The number of aryl methyl sites for hydroxylation is 1. The minimum atomic E-state index is -4.67. The third kappa shape index (κ3) is 3.18. The molecular formula is C11H12F4N2O. The highest BCUT2D eigenvalue weighted by Gasteiger charge is 2.50. The third-order valence-electron chi connectivity index (χ3n) is 2.25. The SMILES string of the molecule is Cc1cccc(CN(C)C(=O)C(F)(F)C(F)F)n1. The number of hydrogen-bond donors (Lipinski definition) is 0. The standard InChI is InChI=1S/C11H12F4N2O/c1-7-4-3-5-8(16-7)6-17(2)10(18)11(14,15)9(12)13/h3-5,9H,6H2,1-2H3. The van der Waals surface area contributed by atoms with Gasteiger partial charge in [-0.25, -0.2) is 8.78 Å². The fourth-order valence-corrected chi connectivity index (χ4v) is 1.35. The van der Waals surface area contributed by atoms with Crippen LogP contribution in [0.3, 0.4) is 0 Å². The van der Waals surface area contributed by atoms with Gasteiger partial charge in [-0.2, -0.15) is 8.78 Å². The molecule has 3 nitrogen and oxygen atoms in total. The van der Waals surface area contributed by atoms with Gasteiger partial charge in [0.15, 0.2) is 0 Å². The lowest BCUT2D eigenvalue weighted by molar-refractivity contribution is -0.179. The summed E-state index contributed by atoms with van der Waals surface area (Å²) < 4.78 is 49.6. The lowest BCUT2D eigenvalue weighted by Crippen LogP contribution is -2.45. The van der Waals surface area contributed by atoms with Gasteiger partial charge in [-0.3, -0.25) is 9.78 Å². The van der Waals surface area contributed by atoms with E-state index in [0.29, 0.717) is 16.3 Å². The molecule has 1 rings (SSSR count). The zero-order valence-corrected chi connectivity index (χ0v) is 9.83. The Kier molecular flexibility index (Phi) is 4.26. The van der Waals surface area contributed by atoms with E-state index >= 15 is 0 Å². The summed E-state index contributed by atoms with van der Waals surface area (Å²) in [4.78, 5) is 15.7. The molecule has 1 aromatic rings. The van der Waals surface area contributed by atoms with Crippen LogP contribution in [-0.2, 0) is 11.3 Å². The molecule has 0 saturated heterocycles. The molecule has 0 unspecified atom stereocenters. The summed E-state index contributed by atoms with van der Waals surface area (Å²) >= 11 is 0. The Morgan fingerprint density at radius 2 is 2.06 bits per heavy atom. The van der Waals surface area contributed by atoms with Crippen LogP contribution in [0.5, 0.6) is 0 Å². The minimum Gasteiger partial charge on any atom is -0.334 e. The Morgan fingerprint density at radius 3 is 2.56 bits per heavy atom. The summed E-state index contributed by atoms with van der Waals surface area (Å²) in [5.41, 5.74) is 1.00. The van der Waals surface area contributed by atoms with E-state index in [1.165, 1.54) is 6.07 Å². The summed E-state index contributed by atoms with van der Waals surface area (Å²) in [6.45, 7) is 1.45. The monoisotopic (exact) mass is 264 g/mol. The highest BCUT2D eigenvalue weighted by molar-refractivity contribution is 5.83. The van der Waals surface area contributed by atoms with E-state index in [2.05, 4.69) is 4.98 Å². The number of amides is 1. The van der Waals surface area contributed by atoms with Crippen LogP contribution in [0.2, 0.25) is 0 Å². The second-order valence-electron chi connectivity index (χ2n) is 3.86. The number of halogens is 4. The van der Waals surface area contributed by atoms with E-state index in [9.17, 15) is 22.4 Å². The van der Waals surface area contributed by atoms with E-state index in [-0.39, 0.29) is 6.54 Å². The molecule has 0 aliphatic heterocycles. The van der Waals surface area contributed by atoms with Gasteiger partial charge in [-0.1, -0.05) is 6.07 Å². The summed E-state index contributed by atoms with van der Waals surface area (Å²) in [5.74, 6) is -6.58. The molecule has 0 atom stereocenters. The van der Waals surface area contributed by atoms with Crippen molar-refractivity contribution in [3.05, 3.63) is 29.6 Å². The van der Waals surface area contributed by atoms with Crippen molar-refractivity contribution < 1.29 is 22.4 Å². The van der Waals surface area contributed by atoms with Crippen molar-refractivity contribution in [2.75, 3.05) is 7.05 Å². The van der Waals surface area contributed by atoms with Crippen molar-refractivity contribution in [2.24, 2.45) is 0 Å². The van der Waals surface area contributed by atoms with E-state index in [0.717, 1.165) is 7.05 Å². The molecule has 0 radical (unpaired) electrons. The molecule has 1 amide bonds. The van der Waals surface area contributed by atoms with Gasteiger partial charge in [0.1, 0.15) is 0 Å². The maximum absolute atomic E-state index is 12.8. The van der Waals surface area contributed by atoms with Crippen LogP contribution in [0.4, 0.5) is 17.6 Å². The molecule has 7 heteroatoms. The largest absolute Gasteiger partial charge is 0.383 e. The topological polar surface area (TPSA) is 33.2 Å². The lowest BCUT2D eigenvalue weighted by atomic mass is 10.2. The van der Waals surface area contributed by atoms with Crippen molar-refractivity contribution >= 4 is 5.91 Å². The second kappa shape index (κ2) is 5.32. The van der Waals surface area contributed by atoms with E-state index in [1.807, 2.05) is 0 Å². The molecular weight excluding hydrogens is 252 g/mol. The van der Waals surface area contributed by atoms with Crippen LogP contribution in [0, 0.1) is 6.92 Å². The molecule has 100 valence electrons. The van der Waals surface area contributed by atoms with Gasteiger partial charge in [0.2, 0.25) is 0 Å². The first-order valence-corrected chi connectivity index (χ1v) is 5.09. The Hall–Kier alpha value is -1.66. The number of pyridine rings is 1. The normalized spacial score (nSPS) is 11.7. The molecule has 0 aliphatic rings. The molecule has 0 aliphatic carbocycles. The first-order valence-electron chi connectivity index (χ1n) is 5.09. The number of rotatable bonds is 4. The molecule has 1 heterocycles. The van der Waals surface area contributed by atoms with Gasteiger partial charge in [0.05, 0.1) is 12.2 Å². The minimum absolute atomic E-state index is 0.247. The smallest absolute Gasteiger partial charge is 0.334 e. The summed E-state index contributed by atoms with van der Waals surface area (Å²) in [6.07, 6.45) is -4.02. The number of nitrogens with zero attached hydrogens (tertiary/aromatic N) is 2. The first-order chi connectivity index (χ1) is 8.25. The van der Waals surface area contributed by atoms with E-state index < -0.39 is 18.3 Å². The van der Waals surface area contributed by atoms with Gasteiger partial charge in [-0.15, -0.1) is 0 Å². The van der Waals surface area contributed by atoms with Crippen molar-refractivity contribution in [1.29, 1.82) is 0 Å². The van der Waals surface area contributed by atoms with Crippen molar-refractivity contribution in [1.82, 2.24) is 9.88 Å². The molecule has 18 heavy (non-hydrogen) atoms. The average Bonchev–Trinajstić information content (AvgIpc) is 2.27. The van der Waals surface area contributed by atoms with Crippen LogP contribution in [0.1, 0.15) is 11.4 Å².